The van der Waals surface area contributed by atoms with Gasteiger partial charge in [0.25, 0.3) is 5.91 Å². The molecule has 6 heteroatoms. The molecule has 0 saturated carbocycles. The number of rotatable bonds is 6. The Morgan fingerprint density at radius 2 is 2.17 bits per heavy atom. The van der Waals surface area contributed by atoms with Gasteiger partial charge in [-0.15, -0.1) is 11.3 Å². The SMILES string of the molecule is CC(CO)C(C)NC(=O)CNC(=O)c1cccs1. The topological polar surface area (TPSA) is 78.4 Å². The second-order valence-electron chi connectivity index (χ2n) is 4.18. The molecule has 1 aromatic heterocycles. The van der Waals surface area contributed by atoms with E-state index in [0.717, 1.165) is 0 Å². The zero-order chi connectivity index (χ0) is 13.5. The van der Waals surface area contributed by atoms with Crippen LogP contribution >= 0.6 is 11.3 Å². The Bertz CT molecular complexity index is 392. The van der Waals surface area contributed by atoms with Gasteiger partial charge in [-0.05, 0) is 24.3 Å². The molecule has 0 aliphatic carbocycles. The molecule has 2 amide bonds. The molecule has 5 nitrogen and oxygen atoms in total. The predicted octanol–water partition coefficient (Wildman–Crippen LogP) is 0.611. The van der Waals surface area contributed by atoms with Crippen molar-refractivity contribution in [3.63, 3.8) is 0 Å². The summed E-state index contributed by atoms with van der Waals surface area (Å²) in [6, 6.07) is 3.36. The van der Waals surface area contributed by atoms with Gasteiger partial charge < -0.3 is 15.7 Å². The highest BCUT2D eigenvalue weighted by Crippen LogP contribution is 2.07. The summed E-state index contributed by atoms with van der Waals surface area (Å²) in [7, 11) is 0. The minimum Gasteiger partial charge on any atom is -0.396 e. The minimum absolute atomic E-state index is 0.0121. The molecule has 2 atom stereocenters. The quantitative estimate of drug-likeness (QED) is 0.708. The van der Waals surface area contributed by atoms with Crippen molar-refractivity contribution in [2.45, 2.75) is 19.9 Å². The molecule has 0 radical (unpaired) electrons. The lowest BCUT2D eigenvalue weighted by molar-refractivity contribution is -0.121. The van der Waals surface area contributed by atoms with Crippen LogP contribution in [0, 0.1) is 5.92 Å². The average molecular weight is 270 g/mol. The number of hydrogen-bond acceptors (Lipinski definition) is 4. The molecule has 100 valence electrons. The van der Waals surface area contributed by atoms with E-state index in [4.69, 9.17) is 5.11 Å². The van der Waals surface area contributed by atoms with Gasteiger partial charge in [0.05, 0.1) is 11.4 Å². The Hall–Kier alpha value is -1.40. The summed E-state index contributed by atoms with van der Waals surface area (Å²) < 4.78 is 0. The Kier molecular flexibility index (Phi) is 5.80. The van der Waals surface area contributed by atoms with Crippen LogP contribution in [0.2, 0.25) is 0 Å². The van der Waals surface area contributed by atoms with Gasteiger partial charge in [0, 0.05) is 12.6 Å². The monoisotopic (exact) mass is 270 g/mol. The van der Waals surface area contributed by atoms with Crippen molar-refractivity contribution in [1.82, 2.24) is 10.6 Å². The van der Waals surface area contributed by atoms with Crippen LogP contribution in [0.25, 0.3) is 0 Å². The highest BCUT2D eigenvalue weighted by atomic mass is 32.1. The minimum atomic E-state index is -0.257. The van der Waals surface area contributed by atoms with Gasteiger partial charge in [-0.25, -0.2) is 0 Å². The Morgan fingerprint density at radius 1 is 1.44 bits per heavy atom. The lowest BCUT2D eigenvalue weighted by Gasteiger charge is -2.19. The molecule has 3 N–H and O–H groups in total. The van der Waals surface area contributed by atoms with Crippen molar-refractivity contribution in [2.75, 3.05) is 13.2 Å². The van der Waals surface area contributed by atoms with Crippen LogP contribution in [0.15, 0.2) is 17.5 Å². The third-order valence-corrected chi connectivity index (χ3v) is 3.55. The molecule has 0 spiro atoms. The number of thiophene rings is 1. The molecule has 1 aromatic rings. The fraction of sp³-hybridized carbons (Fsp3) is 0.500. The number of aliphatic hydroxyl groups is 1. The molecular formula is C12H18N2O3S. The van der Waals surface area contributed by atoms with Crippen molar-refractivity contribution in [3.05, 3.63) is 22.4 Å². The number of nitrogens with one attached hydrogen (secondary N) is 2. The summed E-state index contributed by atoms with van der Waals surface area (Å²) in [5.74, 6) is -0.516. The maximum atomic E-state index is 11.6. The van der Waals surface area contributed by atoms with Crippen LogP contribution in [0.3, 0.4) is 0 Å². The summed E-state index contributed by atoms with van der Waals surface area (Å²) >= 11 is 1.33. The average Bonchev–Trinajstić information content (AvgIpc) is 2.88. The van der Waals surface area contributed by atoms with E-state index in [1.807, 2.05) is 13.8 Å². The first-order chi connectivity index (χ1) is 8.54. The largest absolute Gasteiger partial charge is 0.396 e. The van der Waals surface area contributed by atoms with E-state index >= 15 is 0 Å². The lowest BCUT2D eigenvalue weighted by atomic mass is 10.1. The molecule has 0 aliphatic heterocycles. The molecule has 0 aliphatic rings. The highest BCUT2D eigenvalue weighted by Gasteiger charge is 2.14. The van der Waals surface area contributed by atoms with Gasteiger partial charge in [0.1, 0.15) is 0 Å². The van der Waals surface area contributed by atoms with Gasteiger partial charge in [0.2, 0.25) is 5.91 Å². The zero-order valence-corrected chi connectivity index (χ0v) is 11.3. The van der Waals surface area contributed by atoms with E-state index in [2.05, 4.69) is 10.6 Å². The molecule has 1 heterocycles. The van der Waals surface area contributed by atoms with Gasteiger partial charge in [0.15, 0.2) is 0 Å². The number of carbonyl (C=O) groups is 2. The fourth-order valence-corrected chi connectivity index (χ4v) is 1.90. The van der Waals surface area contributed by atoms with Crippen molar-refractivity contribution in [3.8, 4) is 0 Å². The molecule has 18 heavy (non-hydrogen) atoms. The van der Waals surface area contributed by atoms with Gasteiger partial charge in [-0.3, -0.25) is 9.59 Å². The second-order valence-corrected chi connectivity index (χ2v) is 5.12. The first-order valence-electron chi connectivity index (χ1n) is 5.76. The van der Waals surface area contributed by atoms with E-state index in [0.29, 0.717) is 4.88 Å². The first kappa shape index (κ1) is 14.7. The summed E-state index contributed by atoms with van der Waals surface area (Å²) in [5.41, 5.74) is 0. The Labute approximate surface area is 110 Å². The van der Waals surface area contributed by atoms with E-state index in [1.165, 1.54) is 11.3 Å². The summed E-state index contributed by atoms with van der Waals surface area (Å²) in [5, 5.41) is 16.0. The van der Waals surface area contributed by atoms with E-state index < -0.39 is 0 Å². The second kappa shape index (κ2) is 7.13. The number of amides is 2. The van der Waals surface area contributed by atoms with Gasteiger partial charge in [-0.2, -0.15) is 0 Å². The number of hydrogen-bond donors (Lipinski definition) is 3. The molecule has 0 fully saturated rings. The zero-order valence-electron chi connectivity index (χ0n) is 10.5. The van der Waals surface area contributed by atoms with Crippen LogP contribution < -0.4 is 10.6 Å². The lowest BCUT2D eigenvalue weighted by Crippen LogP contribution is -2.43. The van der Waals surface area contributed by atoms with Crippen molar-refractivity contribution in [2.24, 2.45) is 5.92 Å². The summed E-state index contributed by atoms with van der Waals surface area (Å²) in [4.78, 5) is 23.7. The third-order valence-electron chi connectivity index (χ3n) is 2.68. The molecule has 0 saturated heterocycles. The predicted molar refractivity (Wildman–Crippen MR) is 70.5 cm³/mol. The molecular weight excluding hydrogens is 252 g/mol. The normalized spacial score (nSPS) is 13.7. The van der Waals surface area contributed by atoms with Crippen LogP contribution in [0.4, 0.5) is 0 Å². The Morgan fingerprint density at radius 3 is 2.72 bits per heavy atom. The Balaban J connectivity index is 2.31. The highest BCUT2D eigenvalue weighted by molar-refractivity contribution is 7.12. The smallest absolute Gasteiger partial charge is 0.261 e. The number of aliphatic hydroxyl groups excluding tert-OH is 1. The van der Waals surface area contributed by atoms with Crippen molar-refractivity contribution >= 4 is 23.2 Å². The molecule has 1 rings (SSSR count). The van der Waals surface area contributed by atoms with Crippen molar-refractivity contribution < 1.29 is 14.7 Å². The molecule has 0 aromatic carbocycles. The van der Waals surface area contributed by atoms with Crippen LogP contribution in [0.5, 0.6) is 0 Å². The van der Waals surface area contributed by atoms with E-state index in [-0.39, 0.29) is 36.9 Å². The van der Waals surface area contributed by atoms with Crippen LogP contribution in [-0.2, 0) is 4.79 Å². The summed E-state index contributed by atoms with van der Waals surface area (Å²) in [6.45, 7) is 3.62. The van der Waals surface area contributed by atoms with E-state index in [9.17, 15) is 9.59 Å². The van der Waals surface area contributed by atoms with Gasteiger partial charge >= 0.3 is 0 Å². The van der Waals surface area contributed by atoms with Crippen LogP contribution in [-0.4, -0.2) is 36.1 Å². The molecule has 2 unspecified atom stereocenters. The van der Waals surface area contributed by atoms with E-state index in [1.54, 1.807) is 17.5 Å². The van der Waals surface area contributed by atoms with Gasteiger partial charge in [-0.1, -0.05) is 13.0 Å². The number of carbonyl (C=O) groups excluding carboxylic acids is 2. The fourth-order valence-electron chi connectivity index (χ4n) is 1.26. The third kappa shape index (κ3) is 4.46. The first-order valence-corrected chi connectivity index (χ1v) is 6.64. The summed E-state index contributed by atoms with van der Waals surface area (Å²) in [6.07, 6.45) is 0. The van der Waals surface area contributed by atoms with Crippen LogP contribution in [0.1, 0.15) is 23.5 Å². The maximum Gasteiger partial charge on any atom is 0.261 e. The maximum absolute atomic E-state index is 11.6. The standard InChI is InChI=1S/C12H18N2O3S/c1-8(7-15)9(2)14-11(16)6-13-12(17)10-4-3-5-18-10/h3-5,8-9,15H,6-7H2,1-2H3,(H,13,17)(H,14,16). The van der Waals surface area contributed by atoms with Crippen molar-refractivity contribution in [1.29, 1.82) is 0 Å². The molecule has 0 bridgehead atoms.